The first-order valence-electron chi connectivity index (χ1n) is 10.5. The summed E-state index contributed by atoms with van der Waals surface area (Å²) in [6.07, 6.45) is -1.58. The molecule has 1 amide bonds. The van der Waals surface area contributed by atoms with E-state index in [0.717, 1.165) is 37.3 Å². The fraction of sp³-hybridized carbons (Fsp3) is 0.333. The number of carbonyl (C=O) groups is 1. The minimum atomic E-state index is -4.51. The summed E-state index contributed by atoms with van der Waals surface area (Å²) in [4.78, 5) is 16.4. The molecule has 3 aromatic rings. The van der Waals surface area contributed by atoms with Crippen LogP contribution in [0.15, 0.2) is 48.5 Å². The van der Waals surface area contributed by atoms with Gasteiger partial charge in [-0.05, 0) is 62.4 Å². The van der Waals surface area contributed by atoms with Gasteiger partial charge in [0.05, 0.1) is 5.52 Å². The van der Waals surface area contributed by atoms with Crippen molar-refractivity contribution in [1.29, 1.82) is 0 Å². The molecule has 32 heavy (non-hydrogen) atoms. The topological polar surface area (TPSA) is 54.0 Å². The van der Waals surface area contributed by atoms with Crippen LogP contribution in [-0.2, 0) is 6.18 Å². The normalized spacial score (nSPS) is 19.0. The van der Waals surface area contributed by atoms with E-state index in [4.69, 9.17) is 11.6 Å². The van der Waals surface area contributed by atoms with E-state index in [1.165, 1.54) is 0 Å². The highest BCUT2D eigenvalue weighted by molar-refractivity contribution is 6.31. The molecule has 4 rings (SSSR count). The first-order valence-corrected chi connectivity index (χ1v) is 10.9. The van der Waals surface area contributed by atoms with Gasteiger partial charge in [-0.15, -0.1) is 0 Å². The van der Waals surface area contributed by atoms with Crippen molar-refractivity contribution in [3.63, 3.8) is 0 Å². The number of hydrogen-bond acceptors (Lipinski definition) is 3. The molecule has 1 fully saturated rings. The molecule has 1 heterocycles. The van der Waals surface area contributed by atoms with Gasteiger partial charge in [0.25, 0.3) is 5.91 Å². The van der Waals surface area contributed by atoms with Gasteiger partial charge >= 0.3 is 6.18 Å². The lowest BCUT2D eigenvalue weighted by molar-refractivity contribution is -0.140. The van der Waals surface area contributed by atoms with E-state index in [1.54, 1.807) is 42.5 Å². The molecule has 0 spiro atoms. The Morgan fingerprint density at radius 1 is 1.03 bits per heavy atom. The second-order valence-corrected chi connectivity index (χ2v) is 8.56. The summed E-state index contributed by atoms with van der Waals surface area (Å²) in [7, 11) is 0. The highest BCUT2D eigenvalue weighted by Gasteiger charge is 2.34. The molecule has 1 aliphatic rings. The van der Waals surface area contributed by atoms with E-state index in [0.29, 0.717) is 27.2 Å². The van der Waals surface area contributed by atoms with Crippen LogP contribution in [0.25, 0.3) is 10.9 Å². The number of anilines is 1. The number of alkyl halides is 3. The smallest absolute Gasteiger partial charge is 0.382 e. The summed E-state index contributed by atoms with van der Waals surface area (Å²) in [5, 5.41) is 7.56. The van der Waals surface area contributed by atoms with Gasteiger partial charge in [-0.1, -0.05) is 35.9 Å². The van der Waals surface area contributed by atoms with Gasteiger partial charge in [-0.2, -0.15) is 13.2 Å². The SMILES string of the molecule is Cc1c(Cl)cccc1C(=O)N[C@H]1CC[C@@H](Nc2cc(C(F)(F)F)nc3ccccc23)CC1. The van der Waals surface area contributed by atoms with Crippen molar-refractivity contribution in [2.45, 2.75) is 50.9 Å². The monoisotopic (exact) mass is 461 g/mol. The number of pyridine rings is 1. The number of fused-ring (bicyclic) bond motifs is 1. The van der Waals surface area contributed by atoms with Crippen LogP contribution >= 0.6 is 11.6 Å². The van der Waals surface area contributed by atoms with Crippen molar-refractivity contribution >= 4 is 34.1 Å². The lowest BCUT2D eigenvalue weighted by Crippen LogP contribution is -2.40. The molecule has 8 heteroatoms. The molecule has 1 saturated carbocycles. The Kier molecular flexibility index (Phi) is 6.29. The van der Waals surface area contributed by atoms with Gasteiger partial charge in [0.15, 0.2) is 0 Å². The summed E-state index contributed by atoms with van der Waals surface area (Å²) in [5.74, 6) is -0.156. The number of halogens is 4. The van der Waals surface area contributed by atoms with Crippen LogP contribution in [-0.4, -0.2) is 23.0 Å². The van der Waals surface area contributed by atoms with E-state index in [1.807, 2.05) is 6.92 Å². The first kappa shape index (κ1) is 22.4. The second-order valence-electron chi connectivity index (χ2n) is 8.15. The van der Waals surface area contributed by atoms with Gasteiger partial charge in [0.2, 0.25) is 0 Å². The van der Waals surface area contributed by atoms with Crippen LogP contribution in [0.3, 0.4) is 0 Å². The highest BCUT2D eigenvalue weighted by atomic mass is 35.5. The molecule has 0 atom stereocenters. The third kappa shape index (κ3) is 4.83. The van der Waals surface area contributed by atoms with Crippen molar-refractivity contribution in [2.75, 3.05) is 5.32 Å². The maximum Gasteiger partial charge on any atom is 0.433 e. The van der Waals surface area contributed by atoms with Crippen LogP contribution < -0.4 is 10.6 Å². The minimum absolute atomic E-state index is 0.0128. The molecule has 4 nitrogen and oxygen atoms in total. The average Bonchev–Trinajstić information content (AvgIpc) is 2.76. The zero-order chi connectivity index (χ0) is 22.9. The number of para-hydroxylation sites is 1. The first-order chi connectivity index (χ1) is 15.2. The van der Waals surface area contributed by atoms with Gasteiger partial charge < -0.3 is 10.6 Å². The molecule has 2 aromatic carbocycles. The van der Waals surface area contributed by atoms with Crippen LogP contribution in [0.5, 0.6) is 0 Å². The summed E-state index contributed by atoms with van der Waals surface area (Å²) in [6.45, 7) is 1.81. The second kappa shape index (κ2) is 8.98. The fourth-order valence-electron chi connectivity index (χ4n) is 4.16. The molecule has 0 radical (unpaired) electrons. The molecular formula is C24H23ClF3N3O. The van der Waals surface area contributed by atoms with Crippen molar-refractivity contribution in [3.8, 4) is 0 Å². The molecular weight excluding hydrogens is 439 g/mol. The van der Waals surface area contributed by atoms with Crippen LogP contribution in [0.1, 0.15) is 47.3 Å². The molecule has 168 valence electrons. The van der Waals surface area contributed by atoms with Gasteiger partial charge in [-0.3, -0.25) is 4.79 Å². The Balaban J connectivity index is 1.43. The third-order valence-electron chi connectivity index (χ3n) is 5.94. The van der Waals surface area contributed by atoms with Crippen molar-refractivity contribution in [1.82, 2.24) is 10.3 Å². The molecule has 0 bridgehead atoms. The number of carbonyl (C=O) groups excluding carboxylic acids is 1. The molecule has 0 unspecified atom stereocenters. The van der Waals surface area contributed by atoms with Gasteiger partial charge in [-0.25, -0.2) is 4.98 Å². The largest absolute Gasteiger partial charge is 0.433 e. The fourth-order valence-corrected chi connectivity index (χ4v) is 4.33. The number of rotatable bonds is 4. The summed E-state index contributed by atoms with van der Waals surface area (Å²) < 4.78 is 39.9. The number of amides is 1. The van der Waals surface area contributed by atoms with Crippen LogP contribution in [0, 0.1) is 6.92 Å². The number of aromatic nitrogens is 1. The zero-order valence-corrected chi connectivity index (χ0v) is 18.2. The molecule has 0 saturated heterocycles. The molecule has 1 aromatic heterocycles. The van der Waals surface area contributed by atoms with Crippen molar-refractivity contribution < 1.29 is 18.0 Å². The van der Waals surface area contributed by atoms with Crippen molar-refractivity contribution in [2.24, 2.45) is 0 Å². The zero-order valence-electron chi connectivity index (χ0n) is 17.5. The third-order valence-corrected chi connectivity index (χ3v) is 6.35. The summed E-state index contributed by atoms with van der Waals surface area (Å²) in [6, 6.07) is 13.2. The number of benzene rings is 2. The predicted molar refractivity (Wildman–Crippen MR) is 120 cm³/mol. The Morgan fingerprint density at radius 2 is 1.72 bits per heavy atom. The lowest BCUT2D eigenvalue weighted by atomic mass is 9.90. The van der Waals surface area contributed by atoms with E-state index in [2.05, 4.69) is 15.6 Å². The molecule has 1 aliphatic carbocycles. The Hall–Kier alpha value is -2.80. The molecule has 0 aliphatic heterocycles. The highest BCUT2D eigenvalue weighted by Crippen LogP contribution is 2.34. The van der Waals surface area contributed by atoms with Gasteiger partial charge in [0, 0.05) is 33.7 Å². The predicted octanol–water partition coefficient (Wildman–Crippen LogP) is 6.37. The van der Waals surface area contributed by atoms with Gasteiger partial charge in [0.1, 0.15) is 5.69 Å². The Bertz CT molecular complexity index is 1140. The maximum atomic E-state index is 13.3. The summed E-state index contributed by atoms with van der Waals surface area (Å²) >= 11 is 6.11. The summed E-state index contributed by atoms with van der Waals surface area (Å²) in [5.41, 5.74) is 1.14. The number of nitrogens with one attached hydrogen (secondary N) is 2. The standard InChI is InChI=1S/C24H23ClF3N3O/c1-14-17(6-4-7-19(14)25)23(32)30-16-11-9-15(10-12-16)29-21-13-22(24(26,27)28)31-20-8-3-2-5-18(20)21/h2-8,13,15-16H,9-12H2,1H3,(H,29,31)(H,30,32)/t15-,16+. The Labute approximate surface area is 189 Å². The average molecular weight is 462 g/mol. The van der Waals surface area contributed by atoms with Crippen molar-refractivity contribution in [3.05, 3.63) is 70.4 Å². The van der Waals surface area contributed by atoms with Crippen LogP contribution in [0.4, 0.5) is 18.9 Å². The van der Waals surface area contributed by atoms with Crippen LogP contribution in [0.2, 0.25) is 5.02 Å². The molecule has 2 N–H and O–H groups in total. The lowest BCUT2D eigenvalue weighted by Gasteiger charge is -2.31. The minimum Gasteiger partial charge on any atom is -0.382 e. The van der Waals surface area contributed by atoms with E-state index in [-0.39, 0.29) is 18.0 Å². The Morgan fingerprint density at radius 3 is 2.44 bits per heavy atom. The number of hydrogen-bond donors (Lipinski definition) is 2. The van der Waals surface area contributed by atoms with E-state index >= 15 is 0 Å². The quantitative estimate of drug-likeness (QED) is 0.474. The number of nitrogens with zero attached hydrogens (tertiary/aromatic N) is 1. The maximum absolute atomic E-state index is 13.3. The van der Waals surface area contributed by atoms with E-state index < -0.39 is 11.9 Å². The van der Waals surface area contributed by atoms with E-state index in [9.17, 15) is 18.0 Å².